The average molecular weight is 330 g/mol. The van der Waals surface area contributed by atoms with Gasteiger partial charge < -0.3 is 5.73 Å². The average Bonchev–Trinajstić information content (AvgIpc) is 2.77. The number of hydrogen-bond donors (Lipinski definition) is 1. The van der Waals surface area contributed by atoms with Crippen molar-refractivity contribution in [2.24, 2.45) is 0 Å². The lowest BCUT2D eigenvalue weighted by Gasteiger charge is -2.12. The Balaban J connectivity index is 2.31. The van der Waals surface area contributed by atoms with Crippen LogP contribution in [0.15, 0.2) is 32.3 Å². The summed E-state index contributed by atoms with van der Waals surface area (Å²) in [7, 11) is -0.498. The fourth-order valence-electron chi connectivity index (χ4n) is 1.40. The van der Waals surface area contributed by atoms with Crippen molar-refractivity contribution in [3.05, 3.63) is 23.2 Å². The number of nitrogens with two attached hydrogens (primary N) is 1. The van der Waals surface area contributed by atoms with Crippen molar-refractivity contribution >= 4 is 38.8 Å². The van der Waals surface area contributed by atoms with Crippen molar-refractivity contribution in [3.8, 4) is 0 Å². The summed E-state index contributed by atoms with van der Waals surface area (Å²) in [5.74, 6) is 0. The van der Waals surface area contributed by atoms with Crippen LogP contribution in [0.2, 0.25) is 0 Å². The van der Waals surface area contributed by atoms with Crippen LogP contribution in [0.25, 0.3) is 0 Å². The van der Waals surface area contributed by atoms with Crippen LogP contribution < -0.4 is 5.73 Å². The molecule has 1 aromatic heterocycles. The largest absolute Gasteiger partial charge is 0.398 e. The third-order valence-electron chi connectivity index (χ3n) is 2.46. The Labute approximate surface area is 126 Å². The summed E-state index contributed by atoms with van der Waals surface area (Å²) < 4.78 is 25.9. The van der Waals surface area contributed by atoms with E-state index in [0.717, 1.165) is 18.5 Å². The van der Waals surface area contributed by atoms with E-state index < -0.39 is 10.0 Å². The first-order valence-electron chi connectivity index (χ1n) is 5.60. The lowest BCUT2D eigenvalue weighted by Crippen LogP contribution is -2.22. The normalized spacial score (nSPS) is 12.0. The lowest BCUT2D eigenvalue weighted by molar-refractivity contribution is 0.520. The van der Waals surface area contributed by atoms with Crippen LogP contribution in [0, 0.1) is 6.92 Å². The first-order valence-corrected chi connectivity index (χ1v) is 8.68. The van der Waals surface area contributed by atoms with Crippen molar-refractivity contribution < 1.29 is 8.42 Å². The van der Waals surface area contributed by atoms with Gasteiger partial charge in [0.1, 0.15) is 5.01 Å². The van der Waals surface area contributed by atoms with Crippen LogP contribution in [-0.2, 0) is 10.0 Å². The molecule has 0 aliphatic rings. The maximum Gasteiger partial charge on any atom is 0.242 e. The first-order chi connectivity index (χ1) is 9.30. The van der Waals surface area contributed by atoms with Crippen molar-refractivity contribution in [3.63, 3.8) is 0 Å². The summed E-state index contributed by atoms with van der Waals surface area (Å²) in [6.07, 6.45) is 0. The summed E-state index contributed by atoms with van der Waals surface area (Å²) in [6, 6.07) is 4.70. The quantitative estimate of drug-likeness (QED) is 0.860. The van der Waals surface area contributed by atoms with Crippen LogP contribution in [-0.4, -0.2) is 37.0 Å². The van der Waals surface area contributed by atoms with E-state index in [1.54, 1.807) is 12.1 Å². The van der Waals surface area contributed by atoms with E-state index in [0.29, 0.717) is 5.69 Å². The van der Waals surface area contributed by atoms with E-state index in [2.05, 4.69) is 10.2 Å². The summed E-state index contributed by atoms with van der Waals surface area (Å²) >= 11 is 2.84. The molecule has 1 aromatic carbocycles. The van der Waals surface area contributed by atoms with Gasteiger partial charge in [-0.3, -0.25) is 0 Å². The molecule has 108 valence electrons. The highest BCUT2D eigenvalue weighted by atomic mass is 32.2. The van der Waals surface area contributed by atoms with Gasteiger partial charge in [-0.15, -0.1) is 10.2 Å². The molecule has 0 bridgehead atoms. The predicted octanol–water partition coefficient (Wildman–Crippen LogP) is 1.83. The minimum atomic E-state index is -3.47. The van der Waals surface area contributed by atoms with Crippen molar-refractivity contribution in [2.45, 2.75) is 21.1 Å². The molecule has 0 radical (unpaired) electrons. The summed E-state index contributed by atoms with van der Waals surface area (Å²) in [5.41, 5.74) is 6.33. The molecule has 0 spiro atoms. The van der Waals surface area contributed by atoms with Gasteiger partial charge in [-0.1, -0.05) is 23.1 Å². The van der Waals surface area contributed by atoms with E-state index in [4.69, 9.17) is 5.73 Å². The predicted molar refractivity (Wildman–Crippen MR) is 80.5 cm³/mol. The molecule has 20 heavy (non-hydrogen) atoms. The number of nitrogens with zero attached hydrogens (tertiary/aromatic N) is 3. The zero-order valence-corrected chi connectivity index (χ0v) is 13.6. The second-order valence-electron chi connectivity index (χ2n) is 4.18. The summed E-state index contributed by atoms with van der Waals surface area (Å²) in [5, 5.41) is 8.80. The second kappa shape index (κ2) is 5.68. The Morgan fingerprint density at radius 1 is 1.30 bits per heavy atom. The van der Waals surface area contributed by atoms with Crippen LogP contribution in [0.1, 0.15) is 5.01 Å². The number of aromatic nitrogens is 2. The Kier molecular flexibility index (Phi) is 4.33. The minimum Gasteiger partial charge on any atom is -0.398 e. The van der Waals surface area contributed by atoms with Crippen molar-refractivity contribution in [2.75, 3.05) is 19.8 Å². The maximum atomic E-state index is 12.0. The SMILES string of the molecule is Cc1nnc(Sc2ccc(S(=O)(=O)N(C)C)cc2N)s1. The van der Waals surface area contributed by atoms with Crippen LogP contribution in [0.5, 0.6) is 0 Å². The molecule has 0 aliphatic carbocycles. The number of benzene rings is 1. The number of anilines is 1. The Bertz CT molecular complexity index is 725. The van der Waals surface area contributed by atoms with Crippen LogP contribution in [0.4, 0.5) is 5.69 Å². The van der Waals surface area contributed by atoms with Gasteiger partial charge in [-0.25, -0.2) is 12.7 Å². The monoisotopic (exact) mass is 330 g/mol. The maximum absolute atomic E-state index is 12.0. The van der Waals surface area contributed by atoms with Gasteiger partial charge in [0, 0.05) is 24.7 Å². The summed E-state index contributed by atoms with van der Waals surface area (Å²) in [4.78, 5) is 0.941. The molecule has 0 saturated carbocycles. The number of rotatable bonds is 4. The van der Waals surface area contributed by atoms with Crippen molar-refractivity contribution in [1.82, 2.24) is 14.5 Å². The highest BCUT2D eigenvalue weighted by Gasteiger charge is 2.18. The second-order valence-corrected chi connectivity index (χ2v) is 8.80. The molecule has 0 saturated heterocycles. The number of aryl methyl sites for hydroxylation is 1. The Morgan fingerprint density at radius 2 is 2.00 bits per heavy atom. The number of sulfonamides is 1. The minimum absolute atomic E-state index is 0.179. The molecule has 0 fully saturated rings. The Hall–Kier alpha value is -1.16. The molecule has 6 nitrogen and oxygen atoms in total. The molecular formula is C11H14N4O2S3. The Morgan fingerprint density at radius 3 is 2.50 bits per heavy atom. The zero-order valence-electron chi connectivity index (χ0n) is 11.2. The lowest BCUT2D eigenvalue weighted by atomic mass is 10.3. The highest BCUT2D eigenvalue weighted by Crippen LogP contribution is 2.34. The molecule has 9 heteroatoms. The molecule has 2 aromatic rings. The van der Waals surface area contributed by atoms with Gasteiger partial charge in [0.15, 0.2) is 4.34 Å². The third kappa shape index (κ3) is 3.11. The zero-order chi connectivity index (χ0) is 14.9. The molecule has 0 unspecified atom stereocenters. The van der Waals surface area contributed by atoms with Gasteiger partial charge >= 0.3 is 0 Å². The fourth-order valence-corrected chi connectivity index (χ4v) is 4.14. The van der Waals surface area contributed by atoms with E-state index in [1.807, 2.05) is 6.92 Å². The van der Waals surface area contributed by atoms with E-state index in [9.17, 15) is 8.42 Å². The highest BCUT2D eigenvalue weighted by molar-refractivity contribution is 8.01. The van der Waals surface area contributed by atoms with Crippen molar-refractivity contribution in [1.29, 1.82) is 0 Å². The molecule has 0 aliphatic heterocycles. The van der Waals surface area contributed by atoms with E-state index >= 15 is 0 Å². The van der Waals surface area contributed by atoms with Gasteiger partial charge in [0.05, 0.1) is 4.90 Å². The molecular weight excluding hydrogens is 316 g/mol. The molecule has 0 atom stereocenters. The first kappa shape index (κ1) is 15.2. The number of nitrogen functional groups attached to an aromatic ring is 1. The van der Waals surface area contributed by atoms with Crippen LogP contribution in [0.3, 0.4) is 0 Å². The van der Waals surface area contributed by atoms with E-state index in [1.165, 1.54) is 43.3 Å². The van der Waals surface area contributed by atoms with Crippen LogP contribution >= 0.6 is 23.1 Å². The number of hydrogen-bond acceptors (Lipinski definition) is 7. The smallest absolute Gasteiger partial charge is 0.242 e. The molecule has 2 N–H and O–H groups in total. The summed E-state index contributed by atoms with van der Waals surface area (Å²) in [6.45, 7) is 1.87. The van der Waals surface area contributed by atoms with Gasteiger partial charge in [-0.05, 0) is 25.1 Å². The van der Waals surface area contributed by atoms with Gasteiger partial charge in [0.25, 0.3) is 0 Å². The van der Waals surface area contributed by atoms with Gasteiger partial charge in [-0.2, -0.15) is 0 Å². The molecule has 0 amide bonds. The van der Waals surface area contributed by atoms with Gasteiger partial charge in [0.2, 0.25) is 10.0 Å². The third-order valence-corrected chi connectivity index (χ3v) is 6.26. The topological polar surface area (TPSA) is 89.2 Å². The van der Waals surface area contributed by atoms with E-state index in [-0.39, 0.29) is 4.90 Å². The molecule has 1 heterocycles. The standard InChI is InChI=1S/C11H14N4O2S3/c1-7-13-14-11(18-7)19-10-5-4-8(6-9(10)12)20(16,17)15(2)3/h4-6H,12H2,1-3H3. The fraction of sp³-hybridized carbons (Fsp3) is 0.273. The molecule has 2 rings (SSSR count).